The van der Waals surface area contributed by atoms with Gasteiger partial charge >= 0.3 is 6.09 Å². The maximum Gasteiger partial charge on any atom is 0.410 e. The molecule has 3 aromatic rings. The largest absolute Gasteiger partial charge is 0.444 e. The summed E-state index contributed by atoms with van der Waals surface area (Å²) < 4.78 is 6.51. The summed E-state index contributed by atoms with van der Waals surface area (Å²) in [5, 5.41) is 1.91. The van der Waals surface area contributed by atoms with Crippen molar-refractivity contribution in [3.8, 4) is 0 Å². The molecule has 6 nitrogen and oxygen atoms in total. The van der Waals surface area contributed by atoms with E-state index in [1.807, 2.05) is 63.2 Å². The number of amides is 2. The Kier molecular flexibility index (Phi) is 6.70. The van der Waals surface area contributed by atoms with E-state index >= 15 is 0 Å². The third-order valence-corrected chi connectivity index (χ3v) is 6.13. The zero-order valence-corrected chi connectivity index (χ0v) is 20.7. The number of nitrogens with zero attached hydrogens (tertiary/aromatic N) is 3. The van der Waals surface area contributed by atoms with E-state index in [4.69, 9.17) is 4.74 Å². The molecule has 1 aromatic heterocycles. The van der Waals surface area contributed by atoms with E-state index in [1.54, 1.807) is 28.1 Å². The van der Waals surface area contributed by atoms with Crippen molar-refractivity contribution in [2.45, 2.75) is 45.3 Å². The number of pyridine rings is 1. The number of piperidine rings is 1. The highest BCUT2D eigenvalue weighted by molar-refractivity contribution is 9.10. The van der Waals surface area contributed by atoms with Crippen molar-refractivity contribution in [3.63, 3.8) is 0 Å². The zero-order chi connectivity index (χ0) is 23.6. The molecule has 1 aliphatic heterocycles. The van der Waals surface area contributed by atoms with Gasteiger partial charge in [-0.2, -0.15) is 0 Å². The molecule has 0 aliphatic carbocycles. The standard InChI is InChI=1S/C26H28BrN3O3/c1-26(2,3)33-25(32)29-16-6-8-21(17-29)30(24(31)19-10-12-20(27)13-11-19)23-22-9-5-4-7-18(22)14-15-28-23/h4-5,7,9-15,21H,6,8,16-17H2,1-3H3/t21-/m1/s1. The first kappa shape index (κ1) is 23.2. The lowest BCUT2D eigenvalue weighted by atomic mass is 10.0. The van der Waals surface area contributed by atoms with Gasteiger partial charge in [-0.3, -0.25) is 9.69 Å². The van der Waals surface area contributed by atoms with E-state index in [1.165, 1.54) is 0 Å². The summed E-state index contributed by atoms with van der Waals surface area (Å²) in [6, 6.07) is 16.9. The first-order valence-electron chi connectivity index (χ1n) is 11.1. The quantitative estimate of drug-likeness (QED) is 0.431. The molecule has 0 bridgehead atoms. The van der Waals surface area contributed by atoms with E-state index < -0.39 is 5.60 Å². The summed E-state index contributed by atoms with van der Waals surface area (Å²) in [7, 11) is 0. The number of hydrogen-bond donors (Lipinski definition) is 0. The van der Waals surface area contributed by atoms with Gasteiger partial charge < -0.3 is 9.64 Å². The van der Waals surface area contributed by atoms with Gasteiger partial charge in [-0.05, 0) is 69.3 Å². The molecule has 2 amide bonds. The van der Waals surface area contributed by atoms with Gasteiger partial charge in [-0.15, -0.1) is 0 Å². The first-order chi connectivity index (χ1) is 15.7. The zero-order valence-electron chi connectivity index (χ0n) is 19.1. The lowest BCUT2D eigenvalue weighted by Crippen LogP contribution is -2.53. The summed E-state index contributed by atoms with van der Waals surface area (Å²) in [6.45, 7) is 6.57. The monoisotopic (exact) mass is 509 g/mol. The second kappa shape index (κ2) is 9.51. The number of benzene rings is 2. The van der Waals surface area contributed by atoms with Crippen molar-refractivity contribution in [2.75, 3.05) is 18.0 Å². The number of carbonyl (C=O) groups is 2. The predicted molar refractivity (Wildman–Crippen MR) is 134 cm³/mol. The molecule has 2 aromatic carbocycles. The highest BCUT2D eigenvalue weighted by Gasteiger charge is 2.35. The summed E-state index contributed by atoms with van der Waals surface area (Å²) in [5.41, 5.74) is -0.00365. The number of likely N-dealkylation sites (tertiary alicyclic amines) is 1. The third-order valence-electron chi connectivity index (χ3n) is 5.60. The van der Waals surface area contributed by atoms with Crippen molar-refractivity contribution in [1.82, 2.24) is 9.88 Å². The number of carbonyl (C=O) groups excluding carboxylic acids is 2. The van der Waals surface area contributed by atoms with Crippen LogP contribution in [0.3, 0.4) is 0 Å². The second-order valence-electron chi connectivity index (χ2n) is 9.26. The molecule has 1 atom stereocenters. The van der Waals surface area contributed by atoms with Crippen LogP contribution in [0.5, 0.6) is 0 Å². The minimum atomic E-state index is -0.575. The van der Waals surface area contributed by atoms with Gasteiger partial charge in [0.15, 0.2) is 0 Å². The Morgan fingerprint density at radius 3 is 2.55 bits per heavy atom. The summed E-state index contributed by atoms with van der Waals surface area (Å²) in [4.78, 5) is 34.7. The maximum absolute atomic E-state index is 13.8. The molecular weight excluding hydrogens is 482 g/mol. The average molecular weight is 510 g/mol. The topological polar surface area (TPSA) is 62.7 Å². The molecule has 1 fully saturated rings. The number of hydrogen-bond acceptors (Lipinski definition) is 4. The fourth-order valence-corrected chi connectivity index (χ4v) is 4.38. The van der Waals surface area contributed by atoms with Crippen LogP contribution >= 0.6 is 15.9 Å². The van der Waals surface area contributed by atoms with E-state index in [2.05, 4.69) is 20.9 Å². The van der Waals surface area contributed by atoms with Crippen molar-refractivity contribution in [3.05, 3.63) is 70.8 Å². The second-order valence-corrected chi connectivity index (χ2v) is 10.2. The van der Waals surface area contributed by atoms with E-state index in [9.17, 15) is 9.59 Å². The van der Waals surface area contributed by atoms with Crippen molar-refractivity contribution in [2.24, 2.45) is 0 Å². The van der Waals surface area contributed by atoms with Crippen LogP contribution in [0.1, 0.15) is 44.0 Å². The van der Waals surface area contributed by atoms with Crippen molar-refractivity contribution in [1.29, 1.82) is 0 Å². The van der Waals surface area contributed by atoms with Crippen LogP contribution in [0.4, 0.5) is 10.6 Å². The Morgan fingerprint density at radius 2 is 1.82 bits per heavy atom. The predicted octanol–water partition coefficient (Wildman–Crippen LogP) is 6.04. The molecule has 1 aliphatic rings. The Labute approximate surface area is 202 Å². The summed E-state index contributed by atoms with van der Waals surface area (Å²) in [5.74, 6) is 0.472. The Bertz CT molecular complexity index is 1150. The minimum absolute atomic E-state index is 0.137. The van der Waals surface area contributed by atoms with Gasteiger partial charge in [0.1, 0.15) is 11.4 Å². The number of aromatic nitrogens is 1. The van der Waals surface area contributed by atoms with Crippen molar-refractivity contribution >= 4 is 44.5 Å². The molecule has 2 heterocycles. The molecule has 0 spiro atoms. The molecular formula is C26H28BrN3O3. The number of fused-ring (bicyclic) bond motifs is 1. The highest BCUT2D eigenvalue weighted by atomic mass is 79.9. The molecule has 172 valence electrons. The molecule has 0 N–H and O–H groups in total. The molecule has 33 heavy (non-hydrogen) atoms. The summed E-state index contributed by atoms with van der Waals surface area (Å²) in [6.07, 6.45) is 2.92. The summed E-state index contributed by atoms with van der Waals surface area (Å²) >= 11 is 3.44. The lowest BCUT2D eigenvalue weighted by molar-refractivity contribution is 0.0196. The number of halogens is 1. The molecule has 1 saturated heterocycles. The van der Waals surface area contributed by atoms with Crippen molar-refractivity contribution < 1.29 is 14.3 Å². The fraction of sp³-hybridized carbons (Fsp3) is 0.346. The Morgan fingerprint density at radius 1 is 1.09 bits per heavy atom. The molecule has 0 radical (unpaired) electrons. The number of ether oxygens (including phenoxy) is 1. The smallest absolute Gasteiger partial charge is 0.410 e. The molecule has 7 heteroatoms. The van der Waals surface area contributed by atoms with Gasteiger partial charge in [0.05, 0.1) is 6.04 Å². The SMILES string of the molecule is CC(C)(C)OC(=O)N1CCC[C@@H](N(C(=O)c2ccc(Br)cc2)c2nccc3ccccc23)C1. The molecule has 0 unspecified atom stereocenters. The number of anilines is 1. The van der Waals surface area contributed by atoms with Gasteiger partial charge in [0.25, 0.3) is 5.91 Å². The molecule has 4 rings (SSSR count). The van der Waals surface area contributed by atoms with Crippen LogP contribution in [0.2, 0.25) is 0 Å². The van der Waals surface area contributed by atoms with Crippen LogP contribution in [0.25, 0.3) is 10.8 Å². The van der Waals surface area contributed by atoms with Crippen LogP contribution < -0.4 is 4.90 Å². The Hall–Kier alpha value is -2.93. The lowest BCUT2D eigenvalue weighted by Gasteiger charge is -2.39. The van der Waals surface area contributed by atoms with Crippen LogP contribution in [0, 0.1) is 0 Å². The van der Waals surface area contributed by atoms with Gasteiger partial charge in [-0.25, -0.2) is 9.78 Å². The number of rotatable bonds is 3. The Balaban J connectivity index is 1.73. The first-order valence-corrected chi connectivity index (χ1v) is 11.9. The highest BCUT2D eigenvalue weighted by Crippen LogP contribution is 2.30. The normalized spacial score (nSPS) is 16.5. The third kappa shape index (κ3) is 5.36. The maximum atomic E-state index is 13.8. The van der Waals surface area contributed by atoms with Crippen LogP contribution in [-0.4, -0.2) is 46.6 Å². The van der Waals surface area contributed by atoms with Gasteiger partial charge in [0.2, 0.25) is 0 Å². The van der Waals surface area contributed by atoms with Gasteiger partial charge in [-0.1, -0.05) is 40.2 Å². The van der Waals surface area contributed by atoms with E-state index in [-0.39, 0.29) is 18.0 Å². The van der Waals surface area contributed by atoms with Crippen LogP contribution in [0.15, 0.2) is 65.3 Å². The molecule has 0 saturated carbocycles. The van der Waals surface area contributed by atoms with Gasteiger partial charge in [0, 0.05) is 34.7 Å². The van der Waals surface area contributed by atoms with E-state index in [0.717, 1.165) is 28.1 Å². The average Bonchev–Trinajstić information content (AvgIpc) is 2.79. The fourth-order valence-electron chi connectivity index (χ4n) is 4.12. The van der Waals surface area contributed by atoms with E-state index in [0.29, 0.717) is 24.5 Å². The van der Waals surface area contributed by atoms with Crippen LogP contribution in [-0.2, 0) is 4.74 Å². The minimum Gasteiger partial charge on any atom is -0.444 e.